The van der Waals surface area contributed by atoms with Crippen molar-refractivity contribution < 1.29 is 14.3 Å². The Labute approximate surface area is 143 Å². The minimum atomic E-state index is 0.0429. The number of carbonyl (C=O) groups is 2. The average Bonchev–Trinajstić information content (AvgIpc) is 3.41. The first-order valence-corrected chi connectivity index (χ1v) is 8.80. The number of hydrogen-bond acceptors (Lipinski definition) is 3. The van der Waals surface area contributed by atoms with E-state index in [0.29, 0.717) is 45.1 Å². The second-order valence-electron chi connectivity index (χ2n) is 6.88. The Hall–Kier alpha value is -1.88. The minimum absolute atomic E-state index is 0.0429. The highest BCUT2D eigenvalue weighted by Crippen LogP contribution is 2.28. The van der Waals surface area contributed by atoms with Gasteiger partial charge in [-0.2, -0.15) is 0 Å². The van der Waals surface area contributed by atoms with E-state index in [-0.39, 0.29) is 18.4 Å². The van der Waals surface area contributed by atoms with Gasteiger partial charge < -0.3 is 14.5 Å². The van der Waals surface area contributed by atoms with Gasteiger partial charge in [-0.1, -0.05) is 29.8 Å². The molecule has 24 heavy (non-hydrogen) atoms. The highest BCUT2D eigenvalue weighted by Gasteiger charge is 2.25. The lowest BCUT2D eigenvalue weighted by atomic mass is 10.1. The monoisotopic (exact) mass is 330 g/mol. The van der Waals surface area contributed by atoms with Crippen LogP contribution in [0.25, 0.3) is 0 Å². The van der Waals surface area contributed by atoms with Crippen LogP contribution in [0.5, 0.6) is 0 Å². The molecule has 5 nitrogen and oxygen atoms in total. The summed E-state index contributed by atoms with van der Waals surface area (Å²) in [7, 11) is 0. The van der Waals surface area contributed by atoms with E-state index in [0.717, 1.165) is 5.56 Å². The average molecular weight is 330 g/mol. The van der Waals surface area contributed by atoms with Crippen LogP contribution in [0.1, 0.15) is 24.0 Å². The van der Waals surface area contributed by atoms with Gasteiger partial charge in [0.2, 0.25) is 11.8 Å². The summed E-state index contributed by atoms with van der Waals surface area (Å²) in [6.07, 6.45) is 2.89. The number of carbonyl (C=O) groups excluding carboxylic acids is 2. The van der Waals surface area contributed by atoms with E-state index in [1.807, 2.05) is 41.0 Å². The second kappa shape index (κ2) is 7.79. The summed E-state index contributed by atoms with van der Waals surface area (Å²) in [6, 6.07) is 8.07. The van der Waals surface area contributed by atoms with Gasteiger partial charge in [0.1, 0.15) is 6.61 Å². The number of amides is 2. The van der Waals surface area contributed by atoms with Crippen LogP contribution in [0.4, 0.5) is 0 Å². The highest BCUT2D eigenvalue weighted by atomic mass is 16.5. The fourth-order valence-corrected chi connectivity index (χ4v) is 2.89. The summed E-state index contributed by atoms with van der Waals surface area (Å²) in [5.74, 6) is 0.853. The highest BCUT2D eigenvalue weighted by molar-refractivity contribution is 5.80. The maximum atomic E-state index is 12.4. The van der Waals surface area contributed by atoms with E-state index >= 15 is 0 Å². The van der Waals surface area contributed by atoms with Crippen molar-refractivity contribution in [2.45, 2.75) is 26.2 Å². The largest absolute Gasteiger partial charge is 0.371 e. The van der Waals surface area contributed by atoms with Crippen molar-refractivity contribution in [3.8, 4) is 0 Å². The van der Waals surface area contributed by atoms with Crippen LogP contribution in [0.15, 0.2) is 24.3 Å². The summed E-state index contributed by atoms with van der Waals surface area (Å²) in [5.41, 5.74) is 2.24. The smallest absolute Gasteiger partial charge is 0.248 e. The number of aryl methyl sites for hydroxylation is 1. The lowest BCUT2D eigenvalue weighted by Crippen LogP contribution is -2.51. The molecule has 0 bridgehead atoms. The topological polar surface area (TPSA) is 49.9 Å². The molecule has 2 fully saturated rings. The molecule has 1 heterocycles. The van der Waals surface area contributed by atoms with Gasteiger partial charge in [0.15, 0.2) is 0 Å². The van der Waals surface area contributed by atoms with Gasteiger partial charge in [0.25, 0.3) is 0 Å². The van der Waals surface area contributed by atoms with Crippen molar-refractivity contribution in [2.75, 3.05) is 39.4 Å². The van der Waals surface area contributed by atoms with Crippen molar-refractivity contribution in [1.29, 1.82) is 0 Å². The van der Waals surface area contributed by atoms with Crippen LogP contribution in [0.3, 0.4) is 0 Å². The van der Waals surface area contributed by atoms with Crippen LogP contribution in [-0.4, -0.2) is 61.0 Å². The zero-order chi connectivity index (χ0) is 16.9. The van der Waals surface area contributed by atoms with Crippen molar-refractivity contribution in [3.63, 3.8) is 0 Å². The lowest BCUT2D eigenvalue weighted by molar-refractivity contribution is -0.142. The number of nitrogens with zero attached hydrogens (tertiary/aromatic N) is 2. The SMILES string of the molecule is Cc1ccc(CC(=O)N2CCN(C(=O)COCC3CC3)CC2)cc1. The minimum Gasteiger partial charge on any atom is -0.371 e. The van der Waals surface area contributed by atoms with Gasteiger partial charge in [-0.15, -0.1) is 0 Å². The van der Waals surface area contributed by atoms with E-state index in [9.17, 15) is 9.59 Å². The van der Waals surface area contributed by atoms with Crippen LogP contribution >= 0.6 is 0 Å². The molecule has 1 aromatic rings. The Balaban J connectivity index is 1.39. The maximum absolute atomic E-state index is 12.4. The molecule has 1 aromatic carbocycles. The number of ether oxygens (including phenoxy) is 1. The molecule has 0 unspecified atom stereocenters. The van der Waals surface area contributed by atoms with Gasteiger partial charge in [-0.25, -0.2) is 0 Å². The van der Waals surface area contributed by atoms with Crippen LogP contribution in [0.2, 0.25) is 0 Å². The number of hydrogen-bond donors (Lipinski definition) is 0. The van der Waals surface area contributed by atoms with E-state index in [1.54, 1.807) is 0 Å². The normalized spacial score (nSPS) is 17.9. The van der Waals surface area contributed by atoms with Gasteiger partial charge in [0.05, 0.1) is 13.0 Å². The molecule has 0 radical (unpaired) electrons. The van der Waals surface area contributed by atoms with Gasteiger partial charge >= 0.3 is 0 Å². The molecule has 3 rings (SSSR count). The van der Waals surface area contributed by atoms with E-state index in [4.69, 9.17) is 4.74 Å². The molecule has 1 aliphatic carbocycles. The van der Waals surface area contributed by atoms with Crippen LogP contribution in [-0.2, 0) is 20.7 Å². The zero-order valence-electron chi connectivity index (χ0n) is 14.4. The molecule has 0 spiro atoms. The van der Waals surface area contributed by atoms with Crippen molar-refractivity contribution in [1.82, 2.24) is 9.80 Å². The number of benzene rings is 1. The van der Waals surface area contributed by atoms with E-state index in [2.05, 4.69) is 0 Å². The van der Waals surface area contributed by atoms with Crippen molar-refractivity contribution >= 4 is 11.8 Å². The van der Waals surface area contributed by atoms with Gasteiger partial charge in [0, 0.05) is 26.2 Å². The molecular formula is C19H26N2O3. The maximum Gasteiger partial charge on any atom is 0.248 e. The summed E-state index contributed by atoms with van der Waals surface area (Å²) in [4.78, 5) is 28.1. The molecule has 130 valence electrons. The Bertz CT molecular complexity index is 573. The van der Waals surface area contributed by atoms with Crippen LogP contribution in [0, 0.1) is 12.8 Å². The van der Waals surface area contributed by atoms with E-state index < -0.39 is 0 Å². The lowest BCUT2D eigenvalue weighted by Gasteiger charge is -2.34. The first kappa shape index (κ1) is 17.0. The first-order valence-electron chi connectivity index (χ1n) is 8.80. The molecule has 5 heteroatoms. The third kappa shape index (κ3) is 4.81. The summed E-state index contributed by atoms with van der Waals surface area (Å²) in [6.45, 7) is 5.35. The summed E-state index contributed by atoms with van der Waals surface area (Å²) >= 11 is 0. The molecule has 0 N–H and O–H groups in total. The van der Waals surface area contributed by atoms with Crippen molar-refractivity contribution in [2.24, 2.45) is 5.92 Å². The fourth-order valence-electron chi connectivity index (χ4n) is 2.89. The third-order valence-corrected chi connectivity index (χ3v) is 4.74. The Morgan fingerprint density at radius 1 is 1.00 bits per heavy atom. The molecular weight excluding hydrogens is 304 g/mol. The Morgan fingerprint density at radius 2 is 1.58 bits per heavy atom. The van der Waals surface area contributed by atoms with E-state index in [1.165, 1.54) is 18.4 Å². The predicted molar refractivity (Wildman–Crippen MR) is 91.6 cm³/mol. The second-order valence-corrected chi connectivity index (χ2v) is 6.88. The molecule has 1 saturated heterocycles. The number of piperazine rings is 1. The van der Waals surface area contributed by atoms with Crippen LogP contribution < -0.4 is 0 Å². The van der Waals surface area contributed by atoms with Gasteiger partial charge in [-0.3, -0.25) is 9.59 Å². The molecule has 0 atom stereocenters. The summed E-state index contributed by atoms with van der Waals surface area (Å²) in [5, 5.41) is 0. The number of rotatable bonds is 6. The molecule has 1 saturated carbocycles. The molecule has 0 aromatic heterocycles. The molecule has 1 aliphatic heterocycles. The quantitative estimate of drug-likeness (QED) is 0.797. The van der Waals surface area contributed by atoms with Crippen molar-refractivity contribution in [3.05, 3.63) is 35.4 Å². The third-order valence-electron chi connectivity index (χ3n) is 4.74. The fraction of sp³-hybridized carbons (Fsp3) is 0.579. The standard InChI is InChI=1S/C19H26N2O3/c1-15-2-4-16(5-3-15)12-18(22)20-8-10-21(11-9-20)19(23)14-24-13-17-6-7-17/h2-5,17H,6-14H2,1H3. The Kier molecular flexibility index (Phi) is 5.51. The Morgan fingerprint density at radius 3 is 2.17 bits per heavy atom. The zero-order valence-corrected chi connectivity index (χ0v) is 14.4. The molecule has 2 amide bonds. The van der Waals surface area contributed by atoms with Gasteiger partial charge in [-0.05, 0) is 31.2 Å². The molecule has 2 aliphatic rings. The first-order chi connectivity index (χ1) is 11.6. The predicted octanol–water partition coefficient (Wildman–Crippen LogP) is 1.63. The summed E-state index contributed by atoms with van der Waals surface area (Å²) < 4.78 is 5.46.